The van der Waals surface area contributed by atoms with Gasteiger partial charge in [0.15, 0.2) is 22.7 Å². The van der Waals surface area contributed by atoms with Gasteiger partial charge in [-0.1, -0.05) is 48.5 Å². The van der Waals surface area contributed by atoms with Gasteiger partial charge in [-0.25, -0.2) is 9.78 Å². The molecule has 0 fully saturated rings. The van der Waals surface area contributed by atoms with E-state index in [1.165, 1.54) is 16.9 Å². The predicted octanol–water partition coefficient (Wildman–Crippen LogP) is 6.12. The van der Waals surface area contributed by atoms with E-state index in [1.807, 2.05) is 60.0 Å². The molecule has 0 radical (unpaired) electrons. The first-order valence-electron chi connectivity index (χ1n) is 14.3. The number of hydrogen-bond acceptors (Lipinski definition) is 9. The number of pyridine rings is 1. The molecule has 0 saturated carbocycles. The fourth-order valence-corrected chi connectivity index (χ4v) is 6.12. The molecule has 3 heterocycles. The van der Waals surface area contributed by atoms with Crippen LogP contribution in [0.15, 0.2) is 78.2 Å². The summed E-state index contributed by atoms with van der Waals surface area (Å²) in [5.41, 5.74) is 5.63. The molecule has 0 saturated heterocycles. The Labute approximate surface area is 259 Å². The SMILES string of the molecule is COc1ccc(-c2csc(NC(=O)C(C)OC(=O)c3c4c(nc5ccccc35)CCN(Cc3ccccc3)C4)n2)cc1OC. The number of esters is 1. The quantitative estimate of drug-likeness (QED) is 0.200. The number of thiazole rings is 1. The molecule has 1 aliphatic rings. The number of carbonyl (C=O) groups excluding carboxylic acids is 2. The molecule has 1 amide bonds. The second-order valence-electron chi connectivity index (χ2n) is 10.5. The molecular weight excluding hydrogens is 576 g/mol. The highest BCUT2D eigenvalue weighted by atomic mass is 32.1. The maximum absolute atomic E-state index is 13.8. The van der Waals surface area contributed by atoms with Crippen LogP contribution in [0, 0.1) is 0 Å². The zero-order chi connectivity index (χ0) is 30.6. The van der Waals surface area contributed by atoms with E-state index in [0.29, 0.717) is 39.8 Å². The summed E-state index contributed by atoms with van der Waals surface area (Å²) in [5, 5.41) is 5.73. The maximum Gasteiger partial charge on any atom is 0.339 e. The number of benzene rings is 3. The molecule has 2 aromatic heterocycles. The van der Waals surface area contributed by atoms with Crippen LogP contribution in [0.1, 0.15) is 34.1 Å². The molecule has 1 atom stereocenters. The Morgan fingerprint density at radius 2 is 1.75 bits per heavy atom. The van der Waals surface area contributed by atoms with Gasteiger partial charge in [-0.3, -0.25) is 20.0 Å². The van der Waals surface area contributed by atoms with Crippen molar-refractivity contribution < 1.29 is 23.8 Å². The van der Waals surface area contributed by atoms with Gasteiger partial charge in [0.25, 0.3) is 5.91 Å². The van der Waals surface area contributed by atoms with Crippen LogP contribution < -0.4 is 14.8 Å². The van der Waals surface area contributed by atoms with Crippen LogP contribution in [0.2, 0.25) is 0 Å². The lowest BCUT2D eigenvalue weighted by atomic mass is 9.95. The first kappa shape index (κ1) is 29.3. The summed E-state index contributed by atoms with van der Waals surface area (Å²) < 4.78 is 16.5. The Bertz CT molecular complexity index is 1820. The van der Waals surface area contributed by atoms with E-state index in [0.717, 1.165) is 41.8 Å². The van der Waals surface area contributed by atoms with Crippen molar-refractivity contribution in [3.63, 3.8) is 0 Å². The van der Waals surface area contributed by atoms with Crippen LogP contribution in [0.25, 0.3) is 22.2 Å². The molecule has 1 N–H and O–H groups in total. The number of para-hydroxylation sites is 1. The van der Waals surface area contributed by atoms with E-state index in [2.05, 4.69) is 27.3 Å². The van der Waals surface area contributed by atoms with Crippen molar-refractivity contribution in [3.05, 3.63) is 101 Å². The van der Waals surface area contributed by atoms with Gasteiger partial charge < -0.3 is 14.2 Å². The van der Waals surface area contributed by atoms with Crippen molar-refractivity contribution in [1.29, 1.82) is 0 Å². The molecular formula is C34H32N4O5S. The lowest BCUT2D eigenvalue weighted by Gasteiger charge is -2.30. The van der Waals surface area contributed by atoms with Crippen LogP contribution in [-0.2, 0) is 29.0 Å². The molecule has 0 bridgehead atoms. The van der Waals surface area contributed by atoms with Gasteiger partial charge in [0.05, 0.1) is 31.0 Å². The van der Waals surface area contributed by atoms with Gasteiger partial charge in [0, 0.05) is 53.6 Å². The molecule has 224 valence electrons. The van der Waals surface area contributed by atoms with Crippen molar-refractivity contribution in [1.82, 2.24) is 14.9 Å². The molecule has 0 spiro atoms. The number of methoxy groups -OCH3 is 2. The number of hydrogen-bond donors (Lipinski definition) is 1. The largest absolute Gasteiger partial charge is 0.493 e. The van der Waals surface area contributed by atoms with Crippen molar-refractivity contribution in [2.45, 2.75) is 32.5 Å². The van der Waals surface area contributed by atoms with Crippen molar-refractivity contribution >= 4 is 39.2 Å². The molecule has 6 rings (SSSR count). The topological polar surface area (TPSA) is 103 Å². The molecule has 10 heteroatoms. The number of nitrogens with zero attached hydrogens (tertiary/aromatic N) is 3. The number of aromatic nitrogens is 2. The summed E-state index contributed by atoms with van der Waals surface area (Å²) in [6.45, 7) is 3.72. The first-order valence-corrected chi connectivity index (χ1v) is 15.2. The number of carbonyl (C=O) groups is 2. The summed E-state index contributed by atoms with van der Waals surface area (Å²) in [6.07, 6.45) is -0.335. The van der Waals surface area contributed by atoms with Gasteiger partial charge in [-0.05, 0) is 36.8 Å². The van der Waals surface area contributed by atoms with Gasteiger partial charge in [0.1, 0.15) is 0 Å². The van der Waals surface area contributed by atoms with Crippen LogP contribution in [0.4, 0.5) is 5.13 Å². The van der Waals surface area contributed by atoms with E-state index in [-0.39, 0.29) is 0 Å². The standard InChI is InChI=1S/C34H32N4O5S/c1-21(32(39)37-34-36-28(20-44-34)23-13-14-29(41-2)30(17-23)42-3)43-33(40)31-24-11-7-8-12-26(24)35-27-15-16-38(19-25(27)31)18-22-9-5-4-6-10-22/h4-14,17,20-21H,15-16,18-19H2,1-3H3,(H,36,37,39). The van der Waals surface area contributed by atoms with Crippen molar-refractivity contribution in [2.75, 3.05) is 26.1 Å². The fraction of sp³-hybridized carbons (Fsp3) is 0.235. The lowest BCUT2D eigenvalue weighted by molar-refractivity contribution is -0.123. The Morgan fingerprint density at radius 3 is 2.55 bits per heavy atom. The average Bonchev–Trinajstić information content (AvgIpc) is 3.52. The monoisotopic (exact) mass is 608 g/mol. The normalized spacial score (nSPS) is 13.6. The molecule has 3 aromatic carbocycles. The van der Waals surface area contributed by atoms with E-state index < -0.39 is 18.0 Å². The van der Waals surface area contributed by atoms with Crippen molar-refractivity contribution in [3.8, 4) is 22.8 Å². The number of nitrogens with one attached hydrogen (secondary N) is 1. The average molecular weight is 609 g/mol. The molecule has 44 heavy (non-hydrogen) atoms. The Morgan fingerprint density at radius 1 is 0.977 bits per heavy atom. The third-order valence-electron chi connectivity index (χ3n) is 7.65. The highest BCUT2D eigenvalue weighted by molar-refractivity contribution is 7.14. The minimum Gasteiger partial charge on any atom is -0.493 e. The maximum atomic E-state index is 13.8. The van der Waals surface area contributed by atoms with Crippen molar-refractivity contribution in [2.24, 2.45) is 0 Å². The molecule has 5 aromatic rings. The number of ether oxygens (including phenoxy) is 3. The van der Waals surface area contributed by atoms with Crippen LogP contribution in [0.5, 0.6) is 11.5 Å². The Kier molecular flexibility index (Phi) is 8.53. The third kappa shape index (κ3) is 6.13. The number of fused-ring (bicyclic) bond motifs is 2. The van der Waals surface area contributed by atoms with Crippen LogP contribution >= 0.6 is 11.3 Å². The van der Waals surface area contributed by atoms with Gasteiger partial charge in [-0.15, -0.1) is 11.3 Å². The number of anilines is 1. The number of rotatable bonds is 9. The van der Waals surface area contributed by atoms with Gasteiger partial charge >= 0.3 is 5.97 Å². The highest BCUT2D eigenvalue weighted by Gasteiger charge is 2.29. The zero-order valence-corrected chi connectivity index (χ0v) is 25.5. The predicted molar refractivity (Wildman–Crippen MR) is 170 cm³/mol. The van der Waals surface area contributed by atoms with Gasteiger partial charge in [-0.2, -0.15) is 0 Å². The summed E-state index contributed by atoms with van der Waals surface area (Å²) in [6, 6.07) is 23.3. The van der Waals surface area contributed by atoms with Crippen LogP contribution in [-0.4, -0.2) is 53.6 Å². The molecule has 0 aliphatic carbocycles. The Balaban J connectivity index is 1.19. The molecule has 9 nitrogen and oxygen atoms in total. The fourth-order valence-electron chi connectivity index (χ4n) is 5.40. The minimum absolute atomic E-state index is 0.394. The van der Waals surface area contributed by atoms with E-state index in [4.69, 9.17) is 19.2 Å². The van der Waals surface area contributed by atoms with E-state index >= 15 is 0 Å². The first-order chi connectivity index (χ1) is 21.4. The minimum atomic E-state index is -1.05. The smallest absolute Gasteiger partial charge is 0.339 e. The summed E-state index contributed by atoms with van der Waals surface area (Å²) in [4.78, 5) is 38.7. The lowest BCUT2D eigenvalue weighted by Crippen LogP contribution is -2.34. The zero-order valence-electron chi connectivity index (χ0n) is 24.7. The molecule has 1 unspecified atom stereocenters. The third-order valence-corrected chi connectivity index (χ3v) is 8.40. The Hall–Kier alpha value is -4.80. The summed E-state index contributed by atoms with van der Waals surface area (Å²) in [7, 11) is 3.15. The van der Waals surface area contributed by atoms with Crippen LogP contribution in [0.3, 0.4) is 0 Å². The summed E-state index contributed by atoms with van der Waals surface area (Å²) in [5.74, 6) is 0.180. The van der Waals surface area contributed by atoms with E-state index in [1.54, 1.807) is 27.2 Å². The highest BCUT2D eigenvalue weighted by Crippen LogP contribution is 2.34. The number of amides is 1. The van der Waals surface area contributed by atoms with E-state index in [9.17, 15) is 9.59 Å². The van der Waals surface area contributed by atoms with Gasteiger partial charge in [0.2, 0.25) is 0 Å². The summed E-state index contributed by atoms with van der Waals surface area (Å²) >= 11 is 1.28. The second-order valence-corrected chi connectivity index (χ2v) is 11.4. The second kappa shape index (κ2) is 12.8. The molecule has 1 aliphatic heterocycles.